The van der Waals surface area contributed by atoms with Crippen molar-refractivity contribution in [2.45, 2.75) is 20.3 Å². The average Bonchev–Trinajstić information content (AvgIpc) is 2.22. The topological polar surface area (TPSA) is 16.1 Å². The molecule has 0 atom stereocenters. The molecule has 1 rings (SSSR count). The van der Waals surface area contributed by atoms with Gasteiger partial charge in [-0.25, -0.2) is 0 Å². The van der Waals surface area contributed by atoms with Crippen LogP contribution in [0.4, 0.5) is 0 Å². The average molecular weight is 179 g/mol. The van der Waals surface area contributed by atoms with Crippen LogP contribution in [-0.4, -0.2) is 29.5 Å². The minimum absolute atomic E-state index is 0.344. The first-order valence-corrected chi connectivity index (χ1v) is 4.90. The summed E-state index contributed by atoms with van der Waals surface area (Å²) in [4.78, 5) is 6.34. The van der Waals surface area contributed by atoms with Crippen molar-refractivity contribution in [1.29, 1.82) is 0 Å². The van der Waals surface area contributed by atoms with Crippen LogP contribution < -0.4 is 0 Å². The van der Waals surface area contributed by atoms with Crippen LogP contribution in [0.5, 0.6) is 0 Å². The van der Waals surface area contributed by atoms with E-state index >= 15 is 0 Å². The van der Waals surface area contributed by atoms with Gasteiger partial charge in [0.25, 0.3) is 0 Å². The first-order chi connectivity index (χ1) is 6.76. The van der Waals surface area contributed by atoms with Crippen molar-refractivity contribution >= 4 is 0 Å². The van der Waals surface area contributed by atoms with E-state index in [0.29, 0.717) is 6.17 Å². The van der Waals surface area contributed by atoms with E-state index in [-0.39, 0.29) is 0 Å². The van der Waals surface area contributed by atoms with Gasteiger partial charge in [0.05, 0.1) is 1.37 Å². The predicted octanol–water partition coefficient (Wildman–Crippen LogP) is 1.97. The van der Waals surface area contributed by atoms with Crippen molar-refractivity contribution in [2.24, 2.45) is 0 Å². The quantitative estimate of drug-likeness (QED) is 0.687. The smallest absolute Gasteiger partial charge is 0.0840 e. The number of nitrogens with zero attached hydrogens (tertiary/aromatic N) is 2. The molecule has 0 N–H and O–H groups in total. The van der Waals surface area contributed by atoms with Crippen LogP contribution in [0.3, 0.4) is 0 Å². The normalized spacial score (nSPS) is 11.8. The van der Waals surface area contributed by atoms with Crippen LogP contribution in [0.15, 0.2) is 24.5 Å². The second-order valence-electron chi connectivity index (χ2n) is 3.07. The summed E-state index contributed by atoms with van der Waals surface area (Å²) < 4.78 is 7.26. The molecule has 2 heteroatoms. The van der Waals surface area contributed by atoms with E-state index in [1.54, 1.807) is 12.3 Å². The molecule has 0 aliphatic carbocycles. The maximum absolute atomic E-state index is 7.26. The number of likely N-dealkylation sites (N-methyl/N-ethyl adjacent to an activating group) is 1. The molecular weight excluding hydrogens is 160 g/mol. The molecule has 0 saturated heterocycles. The van der Waals surface area contributed by atoms with Crippen LogP contribution in [0.1, 0.15) is 20.8 Å². The molecule has 0 saturated carbocycles. The molecule has 0 aliphatic rings. The van der Waals surface area contributed by atoms with E-state index in [0.717, 1.165) is 26.1 Å². The van der Waals surface area contributed by atoms with Gasteiger partial charge < -0.3 is 4.90 Å². The Balaban J connectivity index is 2.41. The summed E-state index contributed by atoms with van der Waals surface area (Å²) in [6.45, 7) is 7.62. The highest BCUT2D eigenvalue weighted by Gasteiger charge is 1.98. The molecule has 1 heterocycles. The minimum atomic E-state index is 0.344. The van der Waals surface area contributed by atoms with Crippen LogP contribution in [0, 0.1) is 0 Å². The Morgan fingerprint density at radius 2 is 2.23 bits per heavy atom. The Bertz CT molecular complexity index is 254. The molecule has 13 heavy (non-hydrogen) atoms. The molecule has 1 aromatic heterocycles. The van der Waals surface area contributed by atoms with Crippen molar-refractivity contribution in [2.75, 3.05) is 19.6 Å². The first kappa shape index (κ1) is 8.70. The van der Waals surface area contributed by atoms with Gasteiger partial charge in [-0.1, -0.05) is 19.9 Å². The summed E-state index contributed by atoms with van der Waals surface area (Å²) >= 11 is 0. The van der Waals surface area contributed by atoms with E-state index < -0.39 is 0 Å². The first-order valence-electron chi connectivity index (χ1n) is 5.40. The number of hydrogen-bond acceptors (Lipinski definition) is 2. The molecule has 0 unspecified atom stereocenters. The molecule has 72 valence electrons. The van der Waals surface area contributed by atoms with E-state index in [1.165, 1.54) is 5.56 Å². The Kier molecular flexibility index (Phi) is 3.82. The van der Waals surface area contributed by atoms with Crippen molar-refractivity contribution < 1.29 is 1.37 Å². The molecule has 0 bridgehead atoms. The number of pyridine rings is 1. The fraction of sp³-hybridized carbons (Fsp3) is 0.545. The molecule has 0 aromatic carbocycles. The van der Waals surface area contributed by atoms with Crippen molar-refractivity contribution in [3.63, 3.8) is 0 Å². The lowest BCUT2D eigenvalue weighted by molar-refractivity contribution is 0.308. The fourth-order valence-corrected chi connectivity index (χ4v) is 1.33. The van der Waals surface area contributed by atoms with E-state index in [4.69, 9.17) is 1.37 Å². The third kappa shape index (κ3) is 3.55. The maximum atomic E-state index is 7.26. The van der Waals surface area contributed by atoms with Gasteiger partial charge >= 0.3 is 0 Å². The van der Waals surface area contributed by atoms with Crippen LogP contribution >= 0.6 is 0 Å². The highest BCUT2D eigenvalue weighted by atomic mass is 15.1. The molecule has 0 amide bonds. The zero-order chi connectivity index (χ0) is 10.4. The molecule has 1 aromatic rings. The SMILES string of the molecule is [2H]c1ccc(CCN(CC)CC)cn1. The Labute approximate surface area is 82.0 Å². The Morgan fingerprint density at radius 1 is 1.46 bits per heavy atom. The molecule has 2 nitrogen and oxygen atoms in total. The van der Waals surface area contributed by atoms with Crippen LogP contribution in [0.2, 0.25) is 0 Å². The van der Waals surface area contributed by atoms with Crippen LogP contribution in [-0.2, 0) is 6.42 Å². The van der Waals surface area contributed by atoms with E-state index in [1.807, 2.05) is 6.07 Å². The zero-order valence-electron chi connectivity index (χ0n) is 9.45. The summed E-state index contributed by atoms with van der Waals surface area (Å²) in [6.07, 6.45) is 3.16. The monoisotopic (exact) mass is 179 g/mol. The number of aromatic nitrogens is 1. The Morgan fingerprint density at radius 3 is 2.77 bits per heavy atom. The van der Waals surface area contributed by atoms with Gasteiger partial charge in [0.2, 0.25) is 0 Å². The molecular formula is C11H18N2. The van der Waals surface area contributed by atoms with Gasteiger partial charge in [0, 0.05) is 18.9 Å². The lowest BCUT2D eigenvalue weighted by Crippen LogP contribution is -2.25. The second-order valence-corrected chi connectivity index (χ2v) is 3.07. The standard InChI is InChI=1S/C11H18N2/c1-3-13(4-2)9-7-11-6-5-8-12-10-11/h5-6,8,10H,3-4,7,9H2,1-2H3/i8D. The zero-order valence-corrected chi connectivity index (χ0v) is 8.45. The summed E-state index contributed by atoms with van der Waals surface area (Å²) in [5.41, 5.74) is 1.22. The predicted molar refractivity (Wildman–Crippen MR) is 55.7 cm³/mol. The van der Waals surface area contributed by atoms with Crippen molar-refractivity contribution in [3.8, 4) is 0 Å². The summed E-state index contributed by atoms with van der Waals surface area (Å²) in [5, 5.41) is 0. The lowest BCUT2D eigenvalue weighted by atomic mass is 10.2. The van der Waals surface area contributed by atoms with Crippen molar-refractivity contribution in [1.82, 2.24) is 9.88 Å². The van der Waals surface area contributed by atoms with Gasteiger partial charge in [-0.15, -0.1) is 0 Å². The number of hydrogen-bond donors (Lipinski definition) is 0. The highest BCUT2D eigenvalue weighted by Crippen LogP contribution is 1.98. The fourth-order valence-electron chi connectivity index (χ4n) is 1.33. The largest absolute Gasteiger partial charge is 0.304 e. The van der Waals surface area contributed by atoms with E-state index in [2.05, 4.69) is 23.7 Å². The van der Waals surface area contributed by atoms with Gasteiger partial charge in [-0.05, 0) is 31.1 Å². The summed E-state index contributed by atoms with van der Waals surface area (Å²) in [5.74, 6) is 0. The molecule has 0 radical (unpaired) electrons. The van der Waals surface area contributed by atoms with Gasteiger partial charge in [-0.2, -0.15) is 0 Å². The second kappa shape index (κ2) is 5.70. The van der Waals surface area contributed by atoms with Crippen LogP contribution in [0.25, 0.3) is 0 Å². The third-order valence-electron chi connectivity index (χ3n) is 2.29. The van der Waals surface area contributed by atoms with Crippen molar-refractivity contribution in [3.05, 3.63) is 30.1 Å². The third-order valence-corrected chi connectivity index (χ3v) is 2.29. The molecule has 0 fully saturated rings. The lowest BCUT2D eigenvalue weighted by Gasteiger charge is -2.17. The summed E-state index contributed by atoms with van der Waals surface area (Å²) in [7, 11) is 0. The summed E-state index contributed by atoms with van der Waals surface area (Å²) in [6, 6.07) is 3.73. The van der Waals surface area contributed by atoms with Gasteiger partial charge in [0.15, 0.2) is 0 Å². The molecule has 0 spiro atoms. The van der Waals surface area contributed by atoms with Gasteiger partial charge in [-0.3, -0.25) is 4.98 Å². The maximum Gasteiger partial charge on any atom is 0.0840 e. The number of rotatable bonds is 5. The molecule has 0 aliphatic heterocycles. The van der Waals surface area contributed by atoms with Gasteiger partial charge in [0.1, 0.15) is 0 Å². The Hall–Kier alpha value is -0.890. The van der Waals surface area contributed by atoms with E-state index in [9.17, 15) is 0 Å². The highest BCUT2D eigenvalue weighted by molar-refractivity contribution is 5.08. The minimum Gasteiger partial charge on any atom is -0.304 e.